The Bertz CT molecular complexity index is 342. The zero-order valence-electron chi connectivity index (χ0n) is 8.15. The molecular weight excluding hydrogens is 167 g/mol. The quantitative estimate of drug-likeness (QED) is 0.639. The molecule has 0 atom stereocenters. The lowest BCUT2D eigenvalue weighted by Crippen LogP contribution is -2.03. The fraction of sp³-hybridized carbons (Fsp3) is 0.364. The summed E-state index contributed by atoms with van der Waals surface area (Å²) >= 11 is 0. The van der Waals surface area contributed by atoms with E-state index in [4.69, 9.17) is 0 Å². The van der Waals surface area contributed by atoms with Gasteiger partial charge in [-0.15, -0.1) is 0 Å². The summed E-state index contributed by atoms with van der Waals surface area (Å²) < 4.78 is 13.5. The van der Waals surface area contributed by atoms with E-state index in [2.05, 4.69) is 0 Å². The summed E-state index contributed by atoms with van der Waals surface area (Å²) in [4.78, 5) is 11.1. The molecule has 0 aliphatic heterocycles. The molecule has 0 N–H and O–H groups in total. The monoisotopic (exact) mass is 180 g/mol. The third-order valence-corrected chi connectivity index (χ3v) is 2.17. The van der Waals surface area contributed by atoms with Crippen molar-refractivity contribution in [2.45, 2.75) is 27.2 Å². The standard InChI is InChI=1S/C11H13FO/c1-4-9-10(8(3)13)6-5-7(2)11(9)12/h5-6H,4H2,1-3H3. The number of Topliss-reactive ketones (excluding diaryl/α,β-unsaturated/α-hetero) is 1. The van der Waals surface area contributed by atoms with Crippen LogP contribution in [-0.4, -0.2) is 5.78 Å². The first-order valence-corrected chi connectivity index (χ1v) is 4.36. The minimum Gasteiger partial charge on any atom is -0.294 e. The zero-order chi connectivity index (χ0) is 10.0. The normalized spacial score (nSPS) is 10.2. The van der Waals surface area contributed by atoms with Gasteiger partial charge in [0.25, 0.3) is 0 Å². The van der Waals surface area contributed by atoms with Gasteiger partial charge in [0.2, 0.25) is 0 Å². The van der Waals surface area contributed by atoms with Crippen molar-refractivity contribution in [1.29, 1.82) is 0 Å². The van der Waals surface area contributed by atoms with Crippen molar-refractivity contribution < 1.29 is 9.18 Å². The van der Waals surface area contributed by atoms with E-state index in [0.29, 0.717) is 23.1 Å². The summed E-state index contributed by atoms with van der Waals surface area (Å²) in [5.41, 5.74) is 1.64. The molecule has 0 spiro atoms. The minimum atomic E-state index is -0.241. The summed E-state index contributed by atoms with van der Waals surface area (Å²) in [5, 5.41) is 0. The van der Waals surface area contributed by atoms with Gasteiger partial charge in [0.15, 0.2) is 5.78 Å². The first kappa shape index (κ1) is 9.90. The fourth-order valence-corrected chi connectivity index (χ4v) is 1.41. The third-order valence-electron chi connectivity index (χ3n) is 2.17. The van der Waals surface area contributed by atoms with Gasteiger partial charge in [-0.3, -0.25) is 4.79 Å². The summed E-state index contributed by atoms with van der Waals surface area (Å²) in [5.74, 6) is -0.314. The van der Waals surface area contributed by atoms with Crippen molar-refractivity contribution in [1.82, 2.24) is 0 Å². The highest BCUT2D eigenvalue weighted by atomic mass is 19.1. The number of benzene rings is 1. The van der Waals surface area contributed by atoms with Crippen LogP contribution in [-0.2, 0) is 6.42 Å². The molecule has 0 unspecified atom stereocenters. The molecule has 1 nitrogen and oxygen atoms in total. The molecule has 1 aromatic rings. The van der Waals surface area contributed by atoms with Crippen LogP contribution in [0, 0.1) is 12.7 Å². The lowest BCUT2D eigenvalue weighted by molar-refractivity contribution is 0.101. The van der Waals surface area contributed by atoms with Crippen molar-refractivity contribution in [3.63, 3.8) is 0 Å². The Morgan fingerprint density at radius 2 is 2.08 bits per heavy atom. The molecule has 0 saturated carbocycles. The second kappa shape index (κ2) is 3.69. The van der Waals surface area contributed by atoms with Gasteiger partial charge < -0.3 is 0 Å². The average Bonchev–Trinajstić information content (AvgIpc) is 2.09. The molecule has 0 aliphatic rings. The summed E-state index contributed by atoms with van der Waals surface area (Å²) in [7, 11) is 0. The van der Waals surface area contributed by atoms with Gasteiger partial charge in [0.1, 0.15) is 5.82 Å². The van der Waals surface area contributed by atoms with Gasteiger partial charge in [-0.1, -0.05) is 19.1 Å². The van der Waals surface area contributed by atoms with Crippen molar-refractivity contribution in [2.24, 2.45) is 0 Å². The highest BCUT2D eigenvalue weighted by Crippen LogP contribution is 2.18. The van der Waals surface area contributed by atoms with Crippen LogP contribution in [0.2, 0.25) is 0 Å². The molecule has 2 heteroatoms. The molecule has 0 radical (unpaired) electrons. The lowest BCUT2D eigenvalue weighted by atomic mass is 9.99. The molecule has 0 aromatic heterocycles. The van der Waals surface area contributed by atoms with Crippen molar-refractivity contribution >= 4 is 5.78 Å². The number of carbonyl (C=O) groups is 1. The number of aryl methyl sites for hydroxylation is 1. The van der Waals surface area contributed by atoms with Crippen LogP contribution in [0.1, 0.15) is 35.3 Å². The van der Waals surface area contributed by atoms with Crippen LogP contribution in [0.25, 0.3) is 0 Å². The number of hydrogen-bond acceptors (Lipinski definition) is 1. The first-order valence-electron chi connectivity index (χ1n) is 4.36. The minimum absolute atomic E-state index is 0.0734. The molecule has 0 fully saturated rings. The van der Waals surface area contributed by atoms with Crippen LogP contribution in [0.3, 0.4) is 0 Å². The van der Waals surface area contributed by atoms with E-state index < -0.39 is 0 Å². The summed E-state index contributed by atoms with van der Waals surface area (Å²) in [6.45, 7) is 5.02. The predicted octanol–water partition coefficient (Wildman–Crippen LogP) is 2.90. The third kappa shape index (κ3) is 1.77. The number of ketones is 1. The van der Waals surface area contributed by atoms with Crippen molar-refractivity contribution in [3.8, 4) is 0 Å². The highest BCUT2D eigenvalue weighted by Gasteiger charge is 2.11. The lowest BCUT2D eigenvalue weighted by Gasteiger charge is -2.07. The van der Waals surface area contributed by atoms with Crippen LogP contribution >= 0.6 is 0 Å². The maximum absolute atomic E-state index is 13.5. The van der Waals surface area contributed by atoms with E-state index in [1.807, 2.05) is 6.92 Å². The van der Waals surface area contributed by atoms with Gasteiger partial charge >= 0.3 is 0 Å². The molecule has 0 bridgehead atoms. The van der Waals surface area contributed by atoms with E-state index in [0.717, 1.165) is 0 Å². The molecule has 1 rings (SSSR count). The van der Waals surface area contributed by atoms with E-state index in [-0.39, 0.29) is 11.6 Å². The fourth-order valence-electron chi connectivity index (χ4n) is 1.41. The number of halogens is 1. The van der Waals surface area contributed by atoms with Gasteiger partial charge in [-0.25, -0.2) is 4.39 Å². The van der Waals surface area contributed by atoms with E-state index in [9.17, 15) is 9.18 Å². The van der Waals surface area contributed by atoms with Gasteiger partial charge in [-0.2, -0.15) is 0 Å². The van der Waals surface area contributed by atoms with Crippen LogP contribution < -0.4 is 0 Å². The molecular formula is C11H13FO. The Morgan fingerprint density at radius 1 is 1.46 bits per heavy atom. The van der Waals surface area contributed by atoms with Gasteiger partial charge in [0, 0.05) is 5.56 Å². The average molecular weight is 180 g/mol. The van der Waals surface area contributed by atoms with E-state index in [1.54, 1.807) is 19.1 Å². The van der Waals surface area contributed by atoms with Crippen LogP contribution in [0.15, 0.2) is 12.1 Å². The molecule has 0 saturated heterocycles. The van der Waals surface area contributed by atoms with E-state index >= 15 is 0 Å². The highest BCUT2D eigenvalue weighted by molar-refractivity contribution is 5.95. The second-order valence-corrected chi connectivity index (χ2v) is 3.13. The maximum Gasteiger partial charge on any atom is 0.160 e. The second-order valence-electron chi connectivity index (χ2n) is 3.13. The Kier molecular flexibility index (Phi) is 2.81. The SMILES string of the molecule is CCc1c(C(C)=O)ccc(C)c1F. The smallest absolute Gasteiger partial charge is 0.160 e. The Morgan fingerprint density at radius 3 is 2.54 bits per heavy atom. The summed E-state index contributed by atoms with van der Waals surface area (Å²) in [6, 6.07) is 3.34. The van der Waals surface area contributed by atoms with Crippen LogP contribution in [0.5, 0.6) is 0 Å². The van der Waals surface area contributed by atoms with Crippen molar-refractivity contribution in [2.75, 3.05) is 0 Å². The Hall–Kier alpha value is -1.18. The van der Waals surface area contributed by atoms with Crippen LogP contribution in [0.4, 0.5) is 4.39 Å². The molecule has 0 aliphatic carbocycles. The topological polar surface area (TPSA) is 17.1 Å². The Labute approximate surface area is 77.6 Å². The van der Waals surface area contributed by atoms with E-state index in [1.165, 1.54) is 6.92 Å². The Balaban J connectivity index is 3.38. The molecule has 13 heavy (non-hydrogen) atoms. The zero-order valence-corrected chi connectivity index (χ0v) is 8.15. The molecule has 0 heterocycles. The summed E-state index contributed by atoms with van der Waals surface area (Å²) in [6.07, 6.45) is 0.558. The molecule has 70 valence electrons. The van der Waals surface area contributed by atoms with Gasteiger partial charge in [-0.05, 0) is 31.4 Å². The predicted molar refractivity (Wildman–Crippen MR) is 50.5 cm³/mol. The molecule has 1 aromatic carbocycles. The number of rotatable bonds is 2. The largest absolute Gasteiger partial charge is 0.294 e. The first-order chi connectivity index (χ1) is 6.07. The molecule has 0 amide bonds. The number of carbonyl (C=O) groups excluding carboxylic acids is 1. The van der Waals surface area contributed by atoms with Crippen molar-refractivity contribution in [3.05, 3.63) is 34.6 Å². The maximum atomic E-state index is 13.5. The number of hydrogen-bond donors (Lipinski definition) is 0. The van der Waals surface area contributed by atoms with Gasteiger partial charge in [0.05, 0.1) is 0 Å².